The van der Waals surface area contributed by atoms with Crippen molar-refractivity contribution in [2.24, 2.45) is 4.99 Å². The van der Waals surface area contributed by atoms with Crippen LogP contribution in [0.15, 0.2) is 29.3 Å². The molecule has 94 valence electrons. The number of hydrogen-bond donors (Lipinski definition) is 1. The first-order chi connectivity index (χ1) is 8.86. The van der Waals surface area contributed by atoms with Gasteiger partial charge in [-0.3, -0.25) is 0 Å². The largest absolute Gasteiger partial charge is 0.317 e. The maximum atomic E-state index is 10.6. The third kappa shape index (κ3) is 2.00. The van der Waals surface area contributed by atoms with Gasteiger partial charge in [-0.25, -0.2) is 4.79 Å². The average molecular weight is 242 g/mol. The molecular formula is C15H18N2O. The molecule has 1 saturated carbocycles. The Morgan fingerprint density at radius 1 is 1.22 bits per heavy atom. The summed E-state index contributed by atoms with van der Waals surface area (Å²) in [5.74, 6) is 0.613. The molecule has 0 aromatic heterocycles. The van der Waals surface area contributed by atoms with Gasteiger partial charge in [-0.1, -0.05) is 24.3 Å². The zero-order valence-corrected chi connectivity index (χ0v) is 10.5. The zero-order valence-electron chi connectivity index (χ0n) is 10.5. The van der Waals surface area contributed by atoms with E-state index in [2.05, 4.69) is 34.6 Å². The highest BCUT2D eigenvalue weighted by Gasteiger charge is 2.46. The molecule has 1 aromatic carbocycles. The number of carbonyl (C=O) groups excluding carboxylic acids is 1. The summed E-state index contributed by atoms with van der Waals surface area (Å²) < 4.78 is 0. The third-order valence-electron chi connectivity index (χ3n) is 4.22. The molecule has 1 aromatic rings. The molecule has 0 unspecified atom stereocenters. The Hall–Kier alpha value is -1.44. The van der Waals surface area contributed by atoms with E-state index in [4.69, 9.17) is 0 Å². The monoisotopic (exact) mass is 242 g/mol. The molecule has 2 fully saturated rings. The van der Waals surface area contributed by atoms with Crippen molar-refractivity contribution in [1.82, 2.24) is 5.32 Å². The Balaban J connectivity index is 1.97. The first-order valence-corrected chi connectivity index (χ1v) is 6.75. The van der Waals surface area contributed by atoms with Gasteiger partial charge in [0.25, 0.3) is 0 Å². The van der Waals surface area contributed by atoms with Crippen molar-refractivity contribution in [3.8, 4) is 0 Å². The summed E-state index contributed by atoms with van der Waals surface area (Å²) in [6.45, 7) is 2.17. The quantitative estimate of drug-likeness (QED) is 0.653. The van der Waals surface area contributed by atoms with Gasteiger partial charge in [-0.05, 0) is 55.8 Å². The lowest BCUT2D eigenvalue weighted by Crippen LogP contribution is -2.27. The van der Waals surface area contributed by atoms with Gasteiger partial charge in [-0.15, -0.1) is 0 Å². The van der Waals surface area contributed by atoms with Crippen molar-refractivity contribution in [2.75, 3.05) is 13.1 Å². The van der Waals surface area contributed by atoms with Crippen molar-refractivity contribution in [3.05, 3.63) is 35.4 Å². The summed E-state index contributed by atoms with van der Waals surface area (Å²) in [4.78, 5) is 14.7. The molecule has 3 heteroatoms. The molecular weight excluding hydrogens is 224 g/mol. The maximum Gasteiger partial charge on any atom is 0.235 e. The number of nitrogens with zero attached hydrogens (tertiary/aromatic N) is 1. The Morgan fingerprint density at radius 3 is 2.61 bits per heavy atom. The van der Waals surface area contributed by atoms with Gasteiger partial charge in [0, 0.05) is 0 Å². The van der Waals surface area contributed by atoms with Crippen LogP contribution in [-0.4, -0.2) is 19.2 Å². The van der Waals surface area contributed by atoms with Crippen LogP contribution in [0.25, 0.3) is 0 Å². The minimum atomic E-state index is -0.233. The maximum absolute atomic E-state index is 10.6. The fourth-order valence-electron chi connectivity index (χ4n) is 3.06. The molecule has 0 amide bonds. The molecule has 1 heterocycles. The lowest BCUT2D eigenvalue weighted by atomic mass is 9.84. The highest BCUT2D eigenvalue weighted by molar-refractivity contribution is 5.45. The number of aliphatic imine (C=N–C) groups is 1. The van der Waals surface area contributed by atoms with E-state index >= 15 is 0 Å². The fraction of sp³-hybridized carbons (Fsp3) is 0.533. The summed E-state index contributed by atoms with van der Waals surface area (Å²) in [5.41, 5.74) is 2.43. The van der Waals surface area contributed by atoms with Crippen LogP contribution >= 0.6 is 0 Å². The summed E-state index contributed by atoms with van der Waals surface area (Å²) in [6.07, 6.45) is 6.10. The number of benzene rings is 1. The molecule has 1 aliphatic carbocycles. The van der Waals surface area contributed by atoms with E-state index in [1.165, 1.54) is 24.0 Å². The van der Waals surface area contributed by atoms with Gasteiger partial charge < -0.3 is 5.32 Å². The van der Waals surface area contributed by atoms with Crippen LogP contribution in [-0.2, 0) is 10.3 Å². The molecule has 0 radical (unpaired) electrons. The Kier molecular flexibility index (Phi) is 3.02. The van der Waals surface area contributed by atoms with Crippen LogP contribution in [0.2, 0.25) is 0 Å². The Bertz CT molecular complexity index is 481. The molecule has 1 aliphatic heterocycles. The van der Waals surface area contributed by atoms with Crippen LogP contribution in [0.4, 0.5) is 0 Å². The fourth-order valence-corrected chi connectivity index (χ4v) is 3.06. The average Bonchev–Trinajstić information content (AvgIpc) is 3.21. The Morgan fingerprint density at radius 2 is 1.94 bits per heavy atom. The number of piperidine rings is 1. The lowest BCUT2D eigenvalue weighted by Gasteiger charge is -2.26. The molecule has 1 saturated heterocycles. The third-order valence-corrected chi connectivity index (χ3v) is 4.22. The minimum absolute atomic E-state index is 0.233. The first-order valence-electron chi connectivity index (χ1n) is 6.75. The molecule has 3 nitrogen and oxygen atoms in total. The van der Waals surface area contributed by atoms with Crippen LogP contribution < -0.4 is 5.32 Å². The zero-order chi connectivity index (χ0) is 12.4. The highest BCUT2D eigenvalue weighted by Crippen LogP contribution is 2.51. The molecule has 1 N–H and O–H groups in total. The van der Waals surface area contributed by atoms with E-state index in [1.807, 2.05) is 0 Å². The second-order valence-electron chi connectivity index (χ2n) is 5.35. The predicted octanol–water partition coefficient (Wildman–Crippen LogP) is 2.48. The van der Waals surface area contributed by atoms with Crippen molar-refractivity contribution in [2.45, 2.75) is 37.1 Å². The first kappa shape index (κ1) is 11.6. The van der Waals surface area contributed by atoms with Gasteiger partial charge in [0.15, 0.2) is 0 Å². The van der Waals surface area contributed by atoms with E-state index in [-0.39, 0.29) is 5.54 Å². The van der Waals surface area contributed by atoms with Crippen LogP contribution in [0.1, 0.15) is 42.7 Å². The van der Waals surface area contributed by atoms with Gasteiger partial charge in [0.1, 0.15) is 0 Å². The SMILES string of the molecule is O=C=NC1(c2ccccc2C2CCNCC2)CC1. The number of nitrogens with one attached hydrogen (secondary N) is 1. The second kappa shape index (κ2) is 4.68. The molecule has 18 heavy (non-hydrogen) atoms. The van der Waals surface area contributed by atoms with Crippen LogP contribution in [0.3, 0.4) is 0 Å². The van der Waals surface area contributed by atoms with E-state index in [0.29, 0.717) is 5.92 Å². The topological polar surface area (TPSA) is 41.5 Å². The van der Waals surface area contributed by atoms with E-state index in [1.54, 1.807) is 6.08 Å². The number of hydrogen-bond acceptors (Lipinski definition) is 3. The molecule has 0 atom stereocenters. The number of isocyanates is 1. The van der Waals surface area contributed by atoms with Gasteiger partial charge in [0.2, 0.25) is 6.08 Å². The summed E-state index contributed by atoms with van der Waals surface area (Å²) in [7, 11) is 0. The molecule has 0 spiro atoms. The van der Waals surface area contributed by atoms with Crippen LogP contribution in [0, 0.1) is 0 Å². The molecule has 0 bridgehead atoms. The summed E-state index contributed by atoms with van der Waals surface area (Å²) in [6, 6.07) is 8.51. The van der Waals surface area contributed by atoms with E-state index < -0.39 is 0 Å². The standard InChI is InChI=1S/C15H18N2O/c18-11-17-15(7-8-15)14-4-2-1-3-13(14)12-5-9-16-10-6-12/h1-4,12,16H,5-10H2. The minimum Gasteiger partial charge on any atom is -0.317 e. The van der Waals surface area contributed by atoms with E-state index in [0.717, 1.165) is 25.9 Å². The second-order valence-corrected chi connectivity index (χ2v) is 5.35. The molecule has 2 aliphatic rings. The van der Waals surface area contributed by atoms with Crippen molar-refractivity contribution in [1.29, 1.82) is 0 Å². The predicted molar refractivity (Wildman–Crippen MR) is 70.3 cm³/mol. The van der Waals surface area contributed by atoms with Crippen LogP contribution in [0.5, 0.6) is 0 Å². The Labute approximate surface area is 107 Å². The summed E-state index contributed by atoms with van der Waals surface area (Å²) in [5, 5.41) is 3.40. The lowest BCUT2D eigenvalue weighted by molar-refractivity contribution is 0.455. The molecule has 3 rings (SSSR count). The number of rotatable bonds is 3. The van der Waals surface area contributed by atoms with Crippen molar-refractivity contribution >= 4 is 6.08 Å². The summed E-state index contributed by atoms with van der Waals surface area (Å²) >= 11 is 0. The van der Waals surface area contributed by atoms with E-state index in [9.17, 15) is 4.79 Å². The normalized spacial score (nSPS) is 22.2. The van der Waals surface area contributed by atoms with Gasteiger partial charge in [-0.2, -0.15) is 4.99 Å². The van der Waals surface area contributed by atoms with Gasteiger partial charge >= 0.3 is 0 Å². The van der Waals surface area contributed by atoms with Gasteiger partial charge in [0.05, 0.1) is 5.54 Å². The van der Waals surface area contributed by atoms with Crippen molar-refractivity contribution in [3.63, 3.8) is 0 Å². The highest BCUT2D eigenvalue weighted by atomic mass is 16.1. The smallest absolute Gasteiger partial charge is 0.235 e. The van der Waals surface area contributed by atoms with Crippen molar-refractivity contribution < 1.29 is 4.79 Å².